The summed E-state index contributed by atoms with van der Waals surface area (Å²) in [6, 6.07) is 3.72. The van der Waals surface area contributed by atoms with Crippen LogP contribution < -0.4 is 10.6 Å². The van der Waals surface area contributed by atoms with Gasteiger partial charge in [0.15, 0.2) is 5.82 Å². The summed E-state index contributed by atoms with van der Waals surface area (Å²) in [5.74, 6) is 0.106. The van der Waals surface area contributed by atoms with Crippen LogP contribution in [0.4, 0.5) is 21.8 Å². The summed E-state index contributed by atoms with van der Waals surface area (Å²) in [5.41, 5.74) is 1.17. The number of nitrogens with one attached hydrogen (secondary N) is 2. The van der Waals surface area contributed by atoms with Crippen LogP contribution in [0.1, 0.15) is 11.6 Å². The third-order valence-corrected chi connectivity index (χ3v) is 4.48. The first-order chi connectivity index (χ1) is 13.5. The summed E-state index contributed by atoms with van der Waals surface area (Å²) in [4.78, 5) is 8.43. The van der Waals surface area contributed by atoms with Gasteiger partial charge in [0.25, 0.3) is 0 Å². The molecule has 8 nitrogen and oxygen atoms in total. The van der Waals surface area contributed by atoms with Crippen molar-refractivity contribution in [2.75, 3.05) is 23.8 Å². The number of nitrogens with zero attached hydrogens (tertiary/aromatic N) is 4. The van der Waals surface area contributed by atoms with Gasteiger partial charge in [0, 0.05) is 10.7 Å². The number of aromatic nitrogens is 4. The number of halogens is 3. The van der Waals surface area contributed by atoms with Crippen LogP contribution in [0.25, 0.3) is 0 Å². The normalized spacial score (nSPS) is 12.0. The van der Waals surface area contributed by atoms with E-state index in [1.54, 1.807) is 23.1 Å². The second-order valence-corrected chi connectivity index (χ2v) is 7.14. The van der Waals surface area contributed by atoms with E-state index in [9.17, 15) is 9.50 Å². The maximum atomic E-state index is 13.7. The highest BCUT2D eigenvalue weighted by Gasteiger charge is 2.16. The van der Waals surface area contributed by atoms with E-state index < -0.39 is 11.9 Å². The predicted molar refractivity (Wildman–Crippen MR) is 107 cm³/mol. The van der Waals surface area contributed by atoms with E-state index in [1.165, 1.54) is 18.3 Å². The molecule has 0 aliphatic heterocycles. The van der Waals surface area contributed by atoms with Crippen LogP contribution in [-0.4, -0.2) is 43.2 Å². The van der Waals surface area contributed by atoms with E-state index in [0.29, 0.717) is 22.3 Å². The van der Waals surface area contributed by atoms with E-state index in [4.69, 9.17) is 16.7 Å². The minimum Gasteiger partial charge on any atom is -0.394 e. The fourth-order valence-electron chi connectivity index (χ4n) is 2.49. The molecule has 11 heteroatoms. The molecule has 0 spiro atoms. The topological polar surface area (TPSA) is 108 Å². The van der Waals surface area contributed by atoms with E-state index in [-0.39, 0.29) is 30.0 Å². The number of hydrogen-bond donors (Lipinski definition) is 4. The Balaban J connectivity index is 1.79. The summed E-state index contributed by atoms with van der Waals surface area (Å²) in [7, 11) is 0. The van der Waals surface area contributed by atoms with Crippen LogP contribution in [0.2, 0.25) is 5.02 Å². The van der Waals surface area contributed by atoms with Gasteiger partial charge >= 0.3 is 0 Å². The highest BCUT2D eigenvalue weighted by Crippen LogP contribution is 2.27. The van der Waals surface area contributed by atoms with E-state index in [0.717, 1.165) is 0 Å². The maximum absolute atomic E-state index is 13.7. The fourth-order valence-corrected chi connectivity index (χ4v) is 3.11. The van der Waals surface area contributed by atoms with E-state index in [1.807, 2.05) is 0 Å². The molecular formula is C17H17BrClFN6O2. The lowest BCUT2D eigenvalue weighted by Gasteiger charge is -2.19. The average molecular weight is 472 g/mol. The predicted octanol–water partition coefficient (Wildman–Crippen LogP) is 3.11. The SMILES string of the molecule is OCCn1cc(Nc2ncc(Cl)c(NC(CO)c3cc(F)cc(Br)c3)n2)cn1. The van der Waals surface area contributed by atoms with Gasteiger partial charge in [-0.2, -0.15) is 10.1 Å². The van der Waals surface area contributed by atoms with Crippen LogP contribution in [0, 0.1) is 5.82 Å². The van der Waals surface area contributed by atoms with Crippen molar-refractivity contribution in [1.29, 1.82) is 0 Å². The first-order valence-electron chi connectivity index (χ1n) is 8.24. The van der Waals surface area contributed by atoms with Gasteiger partial charge in [-0.15, -0.1) is 0 Å². The molecule has 4 N–H and O–H groups in total. The Hall–Kier alpha value is -2.27. The van der Waals surface area contributed by atoms with Crippen LogP contribution in [0.3, 0.4) is 0 Å². The van der Waals surface area contributed by atoms with Crippen LogP contribution in [-0.2, 0) is 6.54 Å². The van der Waals surface area contributed by atoms with Gasteiger partial charge < -0.3 is 20.8 Å². The lowest BCUT2D eigenvalue weighted by Crippen LogP contribution is -2.17. The van der Waals surface area contributed by atoms with Gasteiger partial charge in [0.05, 0.1) is 43.9 Å². The van der Waals surface area contributed by atoms with Crippen molar-refractivity contribution in [1.82, 2.24) is 19.7 Å². The van der Waals surface area contributed by atoms with E-state index >= 15 is 0 Å². The molecule has 2 aromatic heterocycles. The van der Waals surface area contributed by atoms with E-state index in [2.05, 4.69) is 41.6 Å². The number of rotatable bonds is 8. The number of benzene rings is 1. The van der Waals surface area contributed by atoms with Crippen molar-refractivity contribution in [3.05, 3.63) is 57.7 Å². The zero-order valence-corrected chi connectivity index (χ0v) is 16.8. The average Bonchev–Trinajstić information content (AvgIpc) is 3.08. The number of hydrogen-bond acceptors (Lipinski definition) is 7. The van der Waals surface area contributed by atoms with Gasteiger partial charge in [-0.3, -0.25) is 4.68 Å². The quantitative estimate of drug-likeness (QED) is 0.400. The summed E-state index contributed by atoms with van der Waals surface area (Å²) in [6.45, 7) is 0.0512. The van der Waals surface area contributed by atoms with Crippen molar-refractivity contribution in [2.24, 2.45) is 0 Å². The van der Waals surface area contributed by atoms with Gasteiger partial charge in [0.2, 0.25) is 5.95 Å². The molecule has 3 aromatic rings. The summed E-state index contributed by atoms with van der Waals surface area (Å²) in [6.07, 6.45) is 4.68. The van der Waals surface area contributed by atoms with Crippen molar-refractivity contribution in [3.63, 3.8) is 0 Å². The summed E-state index contributed by atoms with van der Waals surface area (Å²) in [5, 5.41) is 29.0. The van der Waals surface area contributed by atoms with Gasteiger partial charge in [-0.05, 0) is 23.8 Å². The Morgan fingerprint density at radius 1 is 1.25 bits per heavy atom. The molecule has 1 atom stereocenters. The molecular weight excluding hydrogens is 455 g/mol. The first kappa shape index (κ1) is 20.5. The Morgan fingerprint density at radius 2 is 2.07 bits per heavy atom. The zero-order chi connectivity index (χ0) is 20.1. The Kier molecular flexibility index (Phi) is 6.79. The fraction of sp³-hybridized carbons (Fsp3) is 0.235. The standard InChI is InChI=1S/C17H17BrClFN6O2/c18-11-3-10(4-12(20)5-11)15(9-28)24-16-14(19)7-21-17(25-16)23-13-6-22-26(8-13)1-2-27/h3-8,15,27-28H,1-2,9H2,(H2,21,23,24,25). The number of anilines is 3. The van der Waals surface area contributed by atoms with Crippen LogP contribution >= 0.6 is 27.5 Å². The zero-order valence-electron chi connectivity index (χ0n) is 14.5. The van der Waals surface area contributed by atoms with Crippen molar-refractivity contribution in [2.45, 2.75) is 12.6 Å². The monoisotopic (exact) mass is 470 g/mol. The minimum absolute atomic E-state index is 0.0224. The van der Waals surface area contributed by atoms with Gasteiger partial charge in [-0.25, -0.2) is 9.37 Å². The van der Waals surface area contributed by atoms with Crippen LogP contribution in [0.15, 0.2) is 41.3 Å². The van der Waals surface area contributed by atoms with Gasteiger partial charge in [-0.1, -0.05) is 27.5 Å². The van der Waals surface area contributed by atoms with Gasteiger partial charge in [0.1, 0.15) is 10.8 Å². The number of aliphatic hydroxyl groups is 2. The molecule has 148 valence electrons. The van der Waals surface area contributed by atoms with Crippen molar-refractivity contribution in [3.8, 4) is 0 Å². The molecule has 1 aromatic carbocycles. The molecule has 1 unspecified atom stereocenters. The maximum Gasteiger partial charge on any atom is 0.229 e. The molecule has 2 heterocycles. The third-order valence-electron chi connectivity index (χ3n) is 3.74. The molecule has 0 amide bonds. The highest BCUT2D eigenvalue weighted by molar-refractivity contribution is 9.10. The lowest BCUT2D eigenvalue weighted by atomic mass is 10.1. The lowest BCUT2D eigenvalue weighted by molar-refractivity contribution is 0.269. The Morgan fingerprint density at radius 3 is 2.79 bits per heavy atom. The molecule has 0 bridgehead atoms. The smallest absolute Gasteiger partial charge is 0.229 e. The molecule has 0 saturated heterocycles. The van der Waals surface area contributed by atoms with Crippen molar-refractivity contribution >= 4 is 45.0 Å². The Bertz CT molecular complexity index is 937. The number of aliphatic hydroxyl groups excluding tert-OH is 2. The largest absolute Gasteiger partial charge is 0.394 e. The minimum atomic E-state index is -0.625. The molecule has 0 aliphatic carbocycles. The molecule has 0 aliphatic rings. The van der Waals surface area contributed by atoms with Crippen molar-refractivity contribution < 1.29 is 14.6 Å². The highest BCUT2D eigenvalue weighted by atomic mass is 79.9. The summed E-state index contributed by atoms with van der Waals surface area (Å²) >= 11 is 9.41. The molecule has 0 saturated carbocycles. The summed E-state index contributed by atoms with van der Waals surface area (Å²) < 4.78 is 15.8. The van der Waals surface area contributed by atoms with Crippen LogP contribution in [0.5, 0.6) is 0 Å². The Labute approximate surface area is 173 Å². The molecule has 0 radical (unpaired) electrons. The molecule has 0 fully saturated rings. The third kappa shape index (κ3) is 5.16. The molecule has 28 heavy (non-hydrogen) atoms. The second-order valence-electron chi connectivity index (χ2n) is 5.81. The first-order valence-corrected chi connectivity index (χ1v) is 9.42. The molecule has 3 rings (SSSR count). The second kappa shape index (κ2) is 9.28.